The van der Waals surface area contributed by atoms with E-state index in [4.69, 9.17) is 18.9 Å². The minimum atomic E-state index is -4.17. The normalized spacial score (nSPS) is 13.4. The number of nitrogens with one attached hydrogen (secondary N) is 1. The van der Waals surface area contributed by atoms with Crippen LogP contribution in [0.5, 0.6) is 11.5 Å². The molecule has 0 aromatic heterocycles. The smallest absolute Gasteiger partial charge is 0.271 e. The number of non-ortho nitro benzene ring substituents is 1. The number of sulfonamides is 1. The van der Waals surface area contributed by atoms with Gasteiger partial charge in [-0.15, -0.1) is 0 Å². The summed E-state index contributed by atoms with van der Waals surface area (Å²) in [6, 6.07) is 6.51. The van der Waals surface area contributed by atoms with Crippen LogP contribution < -0.4 is 14.2 Å². The number of anilines is 1. The quantitative estimate of drug-likeness (QED) is 0.545. The summed E-state index contributed by atoms with van der Waals surface area (Å²) >= 11 is 0. The molecular weight excluding hydrogens is 392 g/mol. The van der Waals surface area contributed by atoms with Gasteiger partial charge in [-0.1, -0.05) is 0 Å². The highest BCUT2D eigenvalue weighted by molar-refractivity contribution is 7.92. The van der Waals surface area contributed by atoms with Crippen molar-refractivity contribution in [2.24, 2.45) is 0 Å². The molecule has 2 aromatic carbocycles. The molecule has 0 aliphatic carbocycles. The second-order valence-electron chi connectivity index (χ2n) is 5.87. The number of nitrogens with zero attached hydrogens (tertiary/aromatic N) is 1. The Morgan fingerprint density at radius 3 is 2.71 bits per heavy atom. The predicted octanol–water partition coefficient (Wildman–Crippen LogP) is 2.42. The van der Waals surface area contributed by atoms with E-state index < -0.39 is 14.9 Å². The van der Waals surface area contributed by atoms with Crippen molar-refractivity contribution in [3.05, 3.63) is 51.6 Å². The van der Waals surface area contributed by atoms with E-state index in [1.807, 2.05) is 0 Å². The molecule has 3 rings (SSSR count). The molecule has 0 bridgehead atoms. The molecule has 0 fully saturated rings. The molecule has 11 heteroatoms. The summed E-state index contributed by atoms with van der Waals surface area (Å²) in [5.74, 6) is 0.573. The number of hydrogen-bond acceptors (Lipinski definition) is 8. The number of ether oxygens (including phenoxy) is 4. The molecule has 150 valence electrons. The lowest BCUT2D eigenvalue weighted by Gasteiger charge is -2.22. The van der Waals surface area contributed by atoms with E-state index in [0.29, 0.717) is 16.9 Å². The van der Waals surface area contributed by atoms with Gasteiger partial charge in [0.15, 0.2) is 6.79 Å². The molecular formula is C17H18N2O8S. The van der Waals surface area contributed by atoms with Gasteiger partial charge in [-0.2, -0.15) is 0 Å². The third-order valence-electron chi connectivity index (χ3n) is 3.99. The highest BCUT2D eigenvalue weighted by atomic mass is 32.2. The molecule has 0 spiro atoms. The van der Waals surface area contributed by atoms with Gasteiger partial charge in [0.2, 0.25) is 0 Å². The number of methoxy groups -OCH3 is 2. The molecule has 0 atom stereocenters. The lowest BCUT2D eigenvalue weighted by Crippen LogP contribution is -2.17. The van der Waals surface area contributed by atoms with Gasteiger partial charge in [0.05, 0.1) is 25.2 Å². The van der Waals surface area contributed by atoms with Crippen LogP contribution in [0.1, 0.15) is 11.1 Å². The summed E-state index contributed by atoms with van der Waals surface area (Å²) in [6.45, 7) is 0.555. The van der Waals surface area contributed by atoms with E-state index in [2.05, 4.69) is 4.72 Å². The van der Waals surface area contributed by atoms with Gasteiger partial charge in [0.1, 0.15) is 16.4 Å². The molecule has 0 radical (unpaired) electrons. The van der Waals surface area contributed by atoms with Crippen molar-refractivity contribution in [2.75, 3.05) is 25.7 Å². The summed E-state index contributed by atoms with van der Waals surface area (Å²) < 4.78 is 49.1. The first-order chi connectivity index (χ1) is 13.4. The van der Waals surface area contributed by atoms with Crippen molar-refractivity contribution in [3.63, 3.8) is 0 Å². The third kappa shape index (κ3) is 4.01. The second kappa shape index (κ2) is 8.00. The van der Waals surface area contributed by atoms with Gasteiger partial charge in [-0.05, 0) is 18.2 Å². The highest BCUT2D eigenvalue weighted by Crippen LogP contribution is 2.34. The Bertz CT molecular complexity index is 1010. The maximum Gasteiger partial charge on any atom is 0.271 e. The van der Waals surface area contributed by atoms with Crippen LogP contribution in [0.4, 0.5) is 11.4 Å². The average molecular weight is 410 g/mol. The molecule has 10 nitrogen and oxygen atoms in total. The van der Waals surface area contributed by atoms with Crippen molar-refractivity contribution in [2.45, 2.75) is 18.1 Å². The molecule has 28 heavy (non-hydrogen) atoms. The van der Waals surface area contributed by atoms with Gasteiger partial charge in [-0.25, -0.2) is 8.42 Å². The summed E-state index contributed by atoms with van der Waals surface area (Å²) in [7, 11) is -1.38. The third-order valence-corrected chi connectivity index (χ3v) is 5.39. The number of nitro benzene ring substituents is 1. The summed E-state index contributed by atoms with van der Waals surface area (Å²) in [5, 5.41) is 11.0. The SMILES string of the molecule is COCc1cc(NS(=O)(=O)c2cc([N+](=O)[O-])ccc2OC)cc2c1OCOC2. The van der Waals surface area contributed by atoms with Crippen LogP contribution in [0, 0.1) is 10.1 Å². The molecule has 1 aliphatic rings. The van der Waals surface area contributed by atoms with E-state index in [9.17, 15) is 18.5 Å². The van der Waals surface area contributed by atoms with Crippen molar-refractivity contribution in [1.82, 2.24) is 0 Å². The number of fused-ring (bicyclic) bond motifs is 1. The van der Waals surface area contributed by atoms with Crippen LogP contribution in [0.2, 0.25) is 0 Å². The molecule has 0 saturated carbocycles. The Kier molecular flexibility index (Phi) is 5.68. The van der Waals surface area contributed by atoms with Crippen LogP contribution in [0.25, 0.3) is 0 Å². The molecule has 1 N–H and O–H groups in total. The topological polar surface area (TPSA) is 126 Å². The average Bonchev–Trinajstić information content (AvgIpc) is 2.67. The molecule has 0 amide bonds. The number of hydrogen-bond donors (Lipinski definition) is 1. The maximum atomic E-state index is 12.9. The Balaban J connectivity index is 2.02. The Morgan fingerprint density at radius 2 is 2.04 bits per heavy atom. The van der Waals surface area contributed by atoms with Crippen LogP contribution in [0.3, 0.4) is 0 Å². The zero-order valence-electron chi connectivity index (χ0n) is 15.1. The minimum Gasteiger partial charge on any atom is -0.495 e. The second-order valence-corrected chi connectivity index (χ2v) is 7.52. The van der Waals surface area contributed by atoms with Crippen molar-refractivity contribution in [3.8, 4) is 11.5 Å². The Hall–Kier alpha value is -2.89. The first-order valence-electron chi connectivity index (χ1n) is 8.06. The van der Waals surface area contributed by atoms with Crippen LogP contribution in [-0.2, 0) is 32.7 Å². The van der Waals surface area contributed by atoms with E-state index in [1.54, 1.807) is 12.1 Å². The minimum absolute atomic E-state index is 0.0140. The monoisotopic (exact) mass is 410 g/mol. The first kappa shape index (κ1) is 19.9. The Morgan fingerprint density at radius 1 is 1.25 bits per heavy atom. The number of nitro groups is 1. The molecule has 2 aromatic rings. The zero-order valence-corrected chi connectivity index (χ0v) is 15.9. The van der Waals surface area contributed by atoms with E-state index in [1.165, 1.54) is 26.4 Å². The number of benzene rings is 2. The van der Waals surface area contributed by atoms with Crippen LogP contribution >= 0.6 is 0 Å². The fourth-order valence-corrected chi connectivity index (χ4v) is 4.05. The van der Waals surface area contributed by atoms with E-state index >= 15 is 0 Å². The van der Waals surface area contributed by atoms with Crippen LogP contribution in [0.15, 0.2) is 35.2 Å². The zero-order chi connectivity index (χ0) is 20.3. The molecule has 1 heterocycles. The predicted molar refractivity (Wildman–Crippen MR) is 97.9 cm³/mol. The summed E-state index contributed by atoms with van der Waals surface area (Å²) in [6.07, 6.45) is 0. The highest BCUT2D eigenvalue weighted by Gasteiger charge is 2.25. The first-order valence-corrected chi connectivity index (χ1v) is 9.54. The standard InChI is InChI=1S/C17H18N2O8S/c1-24-8-11-5-13(6-12-9-26-10-27-17(11)12)18-28(22,23)16-7-14(19(20)21)3-4-15(16)25-2/h3-7,18H,8-10H2,1-2H3. The van der Waals surface area contributed by atoms with Crippen molar-refractivity contribution >= 4 is 21.4 Å². The van der Waals surface area contributed by atoms with Crippen LogP contribution in [-0.4, -0.2) is 34.4 Å². The Labute approximate surface area is 161 Å². The van der Waals surface area contributed by atoms with Gasteiger partial charge < -0.3 is 18.9 Å². The molecule has 0 saturated heterocycles. The maximum absolute atomic E-state index is 12.9. The lowest BCUT2D eigenvalue weighted by atomic mass is 10.1. The summed E-state index contributed by atoms with van der Waals surface area (Å²) in [5.41, 5.74) is 1.18. The molecule has 0 unspecified atom stereocenters. The van der Waals surface area contributed by atoms with E-state index in [-0.39, 0.29) is 42.0 Å². The van der Waals surface area contributed by atoms with Gasteiger partial charge in [0, 0.05) is 36.1 Å². The van der Waals surface area contributed by atoms with Crippen molar-refractivity contribution < 1.29 is 32.3 Å². The van der Waals surface area contributed by atoms with Crippen molar-refractivity contribution in [1.29, 1.82) is 0 Å². The van der Waals surface area contributed by atoms with Gasteiger partial charge in [-0.3, -0.25) is 14.8 Å². The largest absolute Gasteiger partial charge is 0.495 e. The fraction of sp³-hybridized carbons (Fsp3) is 0.294. The van der Waals surface area contributed by atoms with Gasteiger partial charge >= 0.3 is 0 Å². The summed E-state index contributed by atoms with van der Waals surface area (Å²) in [4.78, 5) is 10.0. The fourth-order valence-electron chi connectivity index (χ4n) is 2.82. The van der Waals surface area contributed by atoms with E-state index in [0.717, 1.165) is 6.07 Å². The number of rotatable bonds is 7. The lowest BCUT2D eigenvalue weighted by molar-refractivity contribution is -0.385. The molecule has 1 aliphatic heterocycles. The van der Waals surface area contributed by atoms with Gasteiger partial charge in [0.25, 0.3) is 15.7 Å².